The number of urea groups is 1. The Morgan fingerprint density at radius 1 is 0.950 bits per heavy atom. The lowest BCUT2D eigenvalue weighted by Crippen LogP contribution is -2.52. The lowest BCUT2D eigenvalue weighted by atomic mass is 10.1. The highest BCUT2D eigenvalue weighted by Gasteiger charge is 2.38. The summed E-state index contributed by atoms with van der Waals surface area (Å²) in [4.78, 5) is 36.6. The molecule has 1 aromatic carbocycles. The number of carbonyl (C=O) groups is 3. The van der Waals surface area contributed by atoms with Gasteiger partial charge in [-0.25, -0.2) is 13.6 Å². The van der Waals surface area contributed by atoms with Crippen molar-refractivity contribution in [3.63, 3.8) is 0 Å². The summed E-state index contributed by atoms with van der Waals surface area (Å²) >= 11 is 0. The third-order valence-electron chi connectivity index (χ3n) is 2.93. The topological polar surface area (TPSA) is 57.7 Å². The second kappa shape index (κ2) is 4.84. The third-order valence-corrected chi connectivity index (χ3v) is 2.93. The maximum atomic E-state index is 13.5. The van der Waals surface area contributed by atoms with Crippen molar-refractivity contribution in [3.8, 4) is 0 Å². The lowest BCUT2D eigenvalue weighted by Gasteiger charge is -2.28. The SMILES string of the molecule is CN1C(=O)C(=Cc2c(F)cccc2F)C(=O)N(C)C1=O. The normalized spacial score (nSPS) is 16.0. The predicted octanol–water partition coefficient (Wildman–Crippen LogP) is 1.40. The minimum absolute atomic E-state index is 0.474. The summed E-state index contributed by atoms with van der Waals surface area (Å²) in [6.45, 7) is 0. The number of hydrogen-bond acceptors (Lipinski definition) is 3. The molecule has 1 heterocycles. The van der Waals surface area contributed by atoms with Gasteiger partial charge in [0.25, 0.3) is 11.8 Å². The largest absolute Gasteiger partial charge is 0.333 e. The van der Waals surface area contributed by atoms with Crippen LogP contribution in [0, 0.1) is 11.6 Å². The van der Waals surface area contributed by atoms with Crippen LogP contribution in [0.1, 0.15) is 5.56 Å². The molecule has 1 fully saturated rings. The van der Waals surface area contributed by atoms with Crippen LogP contribution in [0.2, 0.25) is 0 Å². The van der Waals surface area contributed by atoms with Gasteiger partial charge in [-0.05, 0) is 18.2 Å². The Balaban J connectivity index is 2.55. The van der Waals surface area contributed by atoms with E-state index in [0.717, 1.165) is 18.2 Å². The Morgan fingerprint density at radius 2 is 1.40 bits per heavy atom. The molecule has 0 saturated carbocycles. The zero-order chi connectivity index (χ0) is 15.0. The van der Waals surface area contributed by atoms with Gasteiger partial charge in [-0.1, -0.05) is 6.07 Å². The van der Waals surface area contributed by atoms with Crippen LogP contribution in [0.4, 0.5) is 13.6 Å². The van der Waals surface area contributed by atoms with Gasteiger partial charge in [-0.2, -0.15) is 0 Å². The van der Waals surface area contributed by atoms with Crippen LogP contribution >= 0.6 is 0 Å². The van der Waals surface area contributed by atoms with Crippen LogP contribution < -0.4 is 0 Å². The quantitative estimate of drug-likeness (QED) is 0.577. The van der Waals surface area contributed by atoms with Gasteiger partial charge in [-0.15, -0.1) is 0 Å². The molecule has 0 N–H and O–H groups in total. The molecular formula is C13H10F2N2O3. The molecule has 1 aromatic rings. The van der Waals surface area contributed by atoms with Crippen molar-refractivity contribution in [1.29, 1.82) is 0 Å². The van der Waals surface area contributed by atoms with Gasteiger partial charge >= 0.3 is 6.03 Å². The van der Waals surface area contributed by atoms with Gasteiger partial charge < -0.3 is 0 Å². The van der Waals surface area contributed by atoms with E-state index < -0.39 is 40.6 Å². The van der Waals surface area contributed by atoms with Gasteiger partial charge in [0.15, 0.2) is 0 Å². The van der Waals surface area contributed by atoms with Crippen molar-refractivity contribution < 1.29 is 23.2 Å². The lowest BCUT2D eigenvalue weighted by molar-refractivity contribution is -0.134. The number of benzene rings is 1. The number of nitrogens with zero attached hydrogens (tertiary/aromatic N) is 2. The fraction of sp³-hybridized carbons (Fsp3) is 0.154. The molecule has 1 aliphatic heterocycles. The fourth-order valence-electron chi connectivity index (χ4n) is 1.77. The van der Waals surface area contributed by atoms with Gasteiger partial charge in [0.1, 0.15) is 17.2 Å². The van der Waals surface area contributed by atoms with Gasteiger partial charge in [0.2, 0.25) is 0 Å². The summed E-state index contributed by atoms with van der Waals surface area (Å²) in [6, 6.07) is 2.38. The number of rotatable bonds is 1. The first-order chi connectivity index (χ1) is 9.34. The van der Waals surface area contributed by atoms with Crippen LogP contribution in [0.3, 0.4) is 0 Å². The molecule has 0 radical (unpaired) electrons. The standard InChI is InChI=1S/C13H10F2N2O3/c1-16-11(18)8(12(19)17(2)13(16)20)6-7-9(14)4-3-5-10(7)15/h3-6H,1-2H3. The highest BCUT2D eigenvalue weighted by molar-refractivity contribution is 6.30. The van der Waals surface area contributed by atoms with Crippen LogP contribution in [0.5, 0.6) is 0 Å². The summed E-state index contributed by atoms with van der Waals surface area (Å²) in [5.74, 6) is -3.61. The van der Waals surface area contributed by atoms with Gasteiger partial charge in [0, 0.05) is 19.7 Å². The zero-order valence-electron chi connectivity index (χ0n) is 10.7. The first-order valence-electron chi connectivity index (χ1n) is 5.60. The predicted molar refractivity (Wildman–Crippen MR) is 65.3 cm³/mol. The van der Waals surface area contributed by atoms with E-state index in [1.807, 2.05) is 0 Å². The van der Waals surface area contributed by atoms with E-state index in [1.165, 1.54) is 20.2 Å². The second-order valence-electron chi connectivity index (χ2n) is 4.20. The maximum absolute atomic E-state index is 13.5. The molecule has 0 bridgehead atoms. The Morgan fingerprint density at radius 3 is 1.85 bits per heavy atom. The molecule has 1 saturated heterocycles. The zero-order valence-corrected chi connectivity index (χ0v) is 10.7. The molecule has 104 valence electrons. The highest BCUT2D eigenvalue weighted by atomic mass is 19.1. The Kier molecular flexibility index (Phi) is 3.35. The van der Waals surface area contributed by atoms with Crippen LogP contribution in [0.25, 0.3) is 6.08 Å². The first-order valence-corrected chi connectivity index (χ1v) is 5.60. The van der Waals surface area contributed by atoms with Crippen molar-refractivity contribution in [3.05, 3.63) is 41.0 Å². The molecule has 1 aliphatic rings. The van der Waals surface area contributed by atoms with E-state index >= 15 is 0 Å². The van der Waals surface area contributed by atoms with E-state index in [-0.39, 0.29) is 0 Å². The van der Waals surface area contributed by atoms with Crippen molar-refractivity contribution in [2.75, 3.05) is 14.1 Å². The molecule has 0 atom stereocenters. The number of amides is 4. The van der Waals surface area contributed by atoms with Crippen LogP contribution in [-0.2, 0) is 9.59 Å². The van der Waals surface area contributed by atoms with Crippen molar-refractivity contribution in [2.24, 2.45) is 0 Å². The molecule has 2 rings (SSSR count). The smallest absolute Gasteiger partial charge is 0.268 e. The summed E-state index contributed by atoms with van der Waals surface area (Å²) in [5.41, 5.74) is -0.973. The van der Waals surface area contributed by atoms with Crippen molar-refractivity contribution in [1.82, 2.24) is 9.80 Å². The average Bonchev–Trinajstić information content (AvgIpc) is 2.42. The highest BCUT2D eigenvalue weighted by Crippen LogP contribution is 2.21. The molecule has 7 heteroatoms. The minimum atomic E-state index is -0.902. The van der Waals surface area contributed by atoms with Gasteiger partial charge in [0.05, 0.1) is 0 Å². The maximum Gasteiger partial charge on any atom is 0.333 e. The van der Waals surface area contributed by atoms with E-state index in [0.29, 0.717) is 9.80 Å². The van der Waals surface area contributed by atoms with Crippen molar-refractivity contribution >= 4 is 23.9 Å². The first kappa shape index (κ1) is 13.9. The summed E-state index contributed by atoms with van der Waals surface area (Å²) in [6.07, 6.45) is 0.814. The summed E-state index contributed by atoms with van der Waals surface area (Å²) < 4.78 is 27.1. The number of halogens is 2. The number of hydrogen-bond donors (Lipinski definition) is 0. The fourth-order valence-corrected chi connectivity index (χ4v) is 1.77. The van der Waals surface area contributed by atoms with Crippen molar-refractivity contribution in [2.45, 2.75) is 0 Å². The Hall–Kier alpha value is -2.57. The molecular weight excluding hydrogens is 270 g/mol. The Labute approximate surface area is 113 Å². The monoisotopic (exact) mass is 280 g/mol. The molecule has 0 aliphatic carbocycles. The summed E-state index contributed by atoms with van der Waals surface area (Å²) in [5, 5.41) is 0. The number of barbiturate groups is 1. The second-order valence-corrected chi connectivity index (χ2v) is 4.20. The van der Waals surface area contributed by atoms with E-state index in [9.17, 15) is 23.2 Å². The molecule has 0 spiro atoms. The number of imide groups is 2. The molecule has 20 heavy (non-hydrogen) atoms. The van der Waals surface area contributed by atoms with E-state index in [1.54, 1.807) is 0 Å². The molecule has 5 nitrogen and oxygen atoms in total. The van der Waals surface area contributed by atoms with Crippen LogP contribution in [-0.4, -0.2) is 41.7 Å². The molecule has 4 amide bonds. The number of likely N-dealkylation sites (N-methyl/N-ethyl adjacent to an activating group) is 2. The minimum Gasteiger partial charge on any atom is -0.268 e. The number of carbonyl (C=O) groups excluding carboxylic acids is 3. The molecule has 0 unspecified atom stereocenters. The Bertz CT molecular complexity index is 609. The van der Waals surface area contributed by atoms with E-state index in [4.69, 9.17) is 0 Å². The van der Waals surface area contributed by atoms with E-state index in [2.05, 4.69) is 0 Å². The molecule has 0 aromatic heterocycles. The third kappa shape index (κ3) is 2.07. The van der Waals surface area contributed by atoms with Gasteiger partial charge in [-0.3, -0.25) is 19.4 Å². The van der Waals surface area contributed by atoms with Crippen LogP contribution in [0.15, 0.2) is 23.8 Å². The summed E-state index contributed by atoms with van der Waals surface area (Å²) in [7, 11) is 2.36. The average molecular weight is 280 g/mol.